The lowest BCUT2D eigenvalue weighted by Crippen LogP contribution is -2.50. The molecule has 324 valence electrons. The predicted octanol–water partition coefficient (Wildman–Crippen LogP) is 1.87. The molecule has 0 heterocycles. The van der Waals surface area contributed by atoms with E-state index in [1.54, 1.807) is 51.1 Å². The lowest BCUT2D eigenvalue weighted by Gasteiger charge is -2.23. The lowest BCUT2D eigenvalue weighted by molar-refractivity contribution is -0.149. The molecule has 0 aliphatic heterocycles. The number of benzene rings is 2. The smallest absolute Gasteiger partial charge is 0.408 e. The highest BCUT2D eigenvalue weighted by Gasteiger charge is 2.32. The Bertz CT molecular complexity index is 1850. The largest absolute Gasteiger partial charge is 0.467 e. The Hall–Kier alpha value is -6.35. The summed E-state index contributed by atoms with van der Waals surface area (Å²) in [5.41, 5.74) is -0.110. The average Bonchev–Trinajstić information content (AvgIpc) is 3.17. The van der Waals surface area contributed by atoms with Gasteiger partial charge >= 0.3 is 24.0 Å². The molecule has 3 atom stereocenters. The fourth-order valence-corrected chi connectivity index (χ4v) is 4.92. The van der Waals surface area contributed by atoms with Gasteiger partial charge in [-0.15, -0.1) is 0 Å². The highest BCUT2D eigenvalue weighted by atomic mass is 19.2. The van der Waals surface area contributed by atoms with Crippen LogP contribution < -0.4 is 26.0 Å². The van der Waals surface area contributed by atoms with Crippen LogP contribution in [0.2, 0.25) is 0 Å². The van der Waals surface area contributed by atoms with Crippen molar-refractivity contribution in [3.8, 4) is 5.75 Å². The third-order valence-corrected chi connectivity index (χ3v) is 7.79. The number of hydrogen-bond acceptors (Lipinski definition) is 12. The van der Waals surface area contributed by atoms with Gasteiger partial charge in [0.15, 0.2) is 0 Å². The van der Waals surface area contributed by atoms with Gasteiger partial charge in [-0.25, -0.2) is 27.6 Å². The number of nitrogens with zero attached hydrogens (tertiary/aromatic N) is 1. The number of nitrogens with one attached hydrogen (secondary N) is 4. The Kier molecular flexibility index (Phi) is 18.7. The summed E-state index contributed by atoms with van der Waals surface area (Å²) in [5.74, 6) is -21.3. The molecule has 5 amide bonds. The van der Waals surface area contributed by atoms with Gasteiger partial charge in [0.25, 0.3) is 0 Å². The number of ether oxygens (including phenoxy) is 4. The zero-order valence-corrected chi connectivity index (χ0v) is 32.8. The van der Waals surface area contributed by atoms with Gasteiger partial charge in [0.2, 0.25) is 58.5 Å². The van der Waals surface area contributed by atoms with Crippen molar-refractivity contribution in [2.45, 2.75) is 76.6 Å². The van der Waals surface area contributed by atoms with Gasteiger partial charge in [-0.05, 0) is 32.8 Å². The first-order valence-corrected chi connectivity index (χ1v) is 17.6. The van der Waals surface area contributed by atoms with Crippen molar-refractivity contribution in [2.75, 3.05) is 34.4 Å². The third kappa shape index (κ3) is 15.8. The standard InChI is InChI=1S/C37H44F5N5O12/c1-37(2,3)59-36(55)46-21(16-19-10-8-7-9-11-19)33(52)43-15-14-23(48)44-20(34(53)56-5)12-13-25(50)47(4)18-24(49)45-22(35(54)57-6)17-26(51)58-32-30(41)28(39)27(38)29(40)31(32)42/h7-11,20-22H,12-18H2,1-6H3,(H,43,52)(H,44,48)(H,45,49)(H,46,55)/t20-,21+,22-/m1/s1. The van der Waals surface area contributed by atoms with Gasteiger partial charge in [0.1, 0.15) is 23.7 Å². The number of likely N-dealkylation sites (N-methyl/N-ethyl adjacent to an activating group) is 1. The van der Waals surface area contributed by atoms with Gasteiger partial charge in [0.05, 0.1) is 27.2 Å². The van der Waals surface area contributed by atoms with Crippen LogP contribution in [0, 0.1) is 29.1 Å². The first kappa shape index (κ1) is 48.8. The number of hydrogen-bond donors (Lipinski definition) is 4. The monoisotopic (exact) mass is 845 g/mol. The molecule has 0 aliphatic carbocycles. The fraction of sp³-hybridized carbons (Fsp3) is 0.459. The molecule has 0 spiro atoms. The summed E-state index contributed by atoms with van der Waals surface area (Å²) in [6.45, 7) is 3.95. The molecule has 2 rings (SSSR count). The van der Waals surface area contributed by atoms with E-state index >= 15 is 0 Å². The van der Waals surface area contributed by atoms with Crippen LogP contribution in [0.5, 0.6) is 5.75 Å². The SMILES string of the molecule is COC(=O)[C@@H](CCC(=O)N(C)CC(=O)N[C@H](CC(=O)Oc1c(F)c(F)c(F)c(F)c1F)C(=O)OC)NC(=O)CCNC(=O)[C@H](Cc1ccccc1)NC(=O)OC(C)(C)C. The van der Waals surface area contributed by atoms with Gasteiger partial charge < -0.3 is 45.1 Å². The zero-order chi connectivity index (χ0) is 44.6. The van der Waals surface area contributed by atoms with Gasteiger partial charge in [-0.1, -0.05) is 30.3 Å². The van der Waals surface area contributed by atoms with Crippen molar-refractivity contribution in [3.05, 3.63) is 65.0 Å². The average molecular weight is 846 g/mol. The fourth-order valence-electron chi connectivity index (χ4n) is 4.92. The summed E-state index contributed by atoms with van der Waals surface area (Å²) < 4.78 is 86.9. The summed E-state index contributed by atoms with van der Waals surface area (Å²) in [6, 6.07) is 4.44. The molecule has 2 aromatic rings. The summed E-state index contributed by atoms with van der Waals surface area (Å²) in [5, 5.41) is 9.48. The predicted molar refractivity (Wildman–Crippen MR) is 192 cm³/mol. The zero-order valence-electron chi connectivity index (χ0n) is 32.8. The molecule has 0 unspecified atom stereocenters. The van der Waals surface area contributed by atoms with Gasteiger partial charge in [-0.2, -0.15) is 8.78 Å². The quantitative estimate of drug-likeness (QED) is 0.0398. The molecule has 59 heavy (non-hydrogen) atoms. The van der Waals surface area contributed by atoms with Crippen LogP contribution in [0.15, 0.2) is 30.3 Å². The van der Waals surface area contributed by atoms with Gasteiger partial charge in [-0.3, -0.25) is 24.0 Å². The molecule has 0 bridgehead atoms. The molecule has 2 aromatic carbocycles. The van der Waals surface area contributed by atoms with E-state index in [-0.39, 0.29) is 25.8 Å². The van der Waals surface area contributed by atoms with Crippen molar-refractivity contribution < 1.29 is 79.3 Å². The summed E-state index contributed by atoms with van der Waals surface area (Å²) in [6.07, 6.45) is -3.07. The number of alkyl carbamates (subject to hydrolysis) is 1. The van der Waals surface area contributed by atoms with Crippen LogP contribution in [-0.2, 0) is 54.2 Å². The minimum atomic E-state index is -2.51. The summed E-state index contributed by atoms with van der Waals surface area (Å²) >= 11 is 0. The second-order valence-corrected chi connectivity index (χ2v) is 13.6. The van der Waals surface area contributed by atoms with E-state index in [9.17, 15) is 60.3 Å². The Balaban J connectivity index is 1.95. The molecule has 0 fully saturated rings. The van der Waals surface area contributed by atoms with E-state index in [1.807, 2.05) is 5.32 Å². The topological polar surface area (TPSA) is 225 Å². The minimum Gasteiger partial charge on any atom is -0.467 e. The molecular weight excluding hydrogens is 801 g/mol. The van der Waals surface area contributed by atoms with Crippen LogP contribution in [-0.4, -0.2) is 111 Å². The molecule has 0 aromatic heterocycles. The maximum Gasteiger partial charge on any atom is 0.408 e. The van der Waals surface area contributed by atoms with Crippen LogP contribution in [0.25, 0.3) is 0 Å². The maximum absolute atomic E-state index is 13.9. The molecule has 0 saturated carbocycles. The Labute approximate surface area is 334 Å². The van der Waals surface area contributed by atoms with E-state index in [0.717, 1.165) is 31.7 Å². The van der Waals surface area contributed by atoms with Crippen molar-refractivity contribution in [1.82, 2.24) is 26.2 Å². The van der Waals surface area contributed by atoms with E-state index in [1.165, 1.54) is 0 Å². The van der Waals surface area contributed by atoms with E-state index < -0.39 is 126 Å². The number of amides is 5. The second kappa shape index (κ2) is 22.6. The molecule has 17 nitrogen and oxygen atoms in total. The highest BCUT2D eigenvalue weighted by molar-refractivity contribution is 5.91. The lowest BCUT2D eigenvalue weighted by atomic mass is 10.1. The molecule has 0 aliphatic rings. The van der Waals surface area contributed by atoms with Crippen molar-refractivity contribution in [2.24, 2.45) is 0 Å². The van der Waals surface area contributed by atoms with Crippen LogP contribution in [0.4, 0.5) is 26.7 Å². The van der Waals surface area contributed by atoms with Crippen LogP contribution in [0.1, 0.15) is 52.0 Å². The maximum atomic E-state index is 13.9. The van der Waals surface area contributed by atoms with Crippen molar-refractivity contribution >= 4 is 47.6 Å². The van der Waals surface area contributed by atoms with Crippen LogP contribution >= 0.6 is 0 Å². The summed E-state index contributed by atoms with van der Waals surface area (Å²) in [4.78, 5) is 102. The van der Waals surface area contributed by atoms with Crippen molar-refractivity contribution in [3.63, 3.8) is 0 Å². The Morgan fingerprint density at radius 1 is 0.712 bits per heavy atom. The molecular formula is C37H44F5N5O12. The normalized spacial score (nSPS) is 12.5. The van der Waals surface area contributed by atoms with E-state index in [2.05, 4.69) is 25.4 Å². The number of methoxy groups -OCH3 is 2. The number of halogens is 5. The molecule has 0 radical (unpaired) electrons. The van der Waals surface area contributed by atoms with Crippen molar-refractivity contribution in [1.29, 1.82) is 0 Å². The molecule has 22 heteroatoms. The summed E-state index contributed by atoms with van der Waals surface area (Å²) in [7, 11) is 3.01. The first-order valence-electron chi connectivity index (χ1n) is 17.6. The van der Waals surface area contributed by atoms with Crippen LogP contribution in [0.3, 0.4) is 0 Å². The second-order valence-electron chi connectivity index (χ2n) is 13.6. The molecule has 0 saturated heterocycles. The van der Waals surface area contributed by atoms with E-state index in [0.29, 0.717) is 0 Å². The third-order valence-electron chi connectivity index (χ3n) is 7.79. The molecule has 4 N–H and O–H groups in total. The first-order chi connectivity index (χ1) is 27.6. The van der Waals surface area contributed by atoms with Gasteiger partial charge in [0, 0.05) is 32.9 Å². The minimum absolute atomic E-state index is 0.100. The Morgan fingerprint density at radius 2 is 1.25 bits per heavy atom. The highest BCUT2D eigenvalue weighted by Crippen LogP contribution is 2.29. The van der Waals surface area contributed by atoms with E-state index in [4.69, 9.17) is 9.47 Å². The number of esters is 3. The number of rotatable bonds is 19. The Morgan fingerprint density at radius 3 is 1.81 bits per heavy atom. The number of carbonyl (C=O) groups is 8. The number of carbonyl (C=O) groups excluding carboxylic acids is 8.